The number of anilines is 2. The third-order valence-corrected chi connectivity index (χ3v) is 5.24. The number of benzene rings is 3. The van der Waals surface area contributed by atoms with Gasteiger partial charge in [0.1, 0.15) is 11.4 Å². The number of amides is 2. The number of halogens is 1. The fraction of sp³-hybridized carbons (Fsp3) is 0.0833. The minimum absolute atomic E-state index is 0.229. The zero-order valence-corrected chi connectivity index (χ0v) is 17.2. The van der Waals surface area contributed by atoms with Crippen molar-refractivity contribution in [3.05, 3.63) is 94.6 Å². The van der Waals surface area contributed by atoms with Crippen LogP contribution in [0.4, 0.5) is 11.4 Å². The minimum Gasteiger partial charge on any atom is -0.495 e. The molecule has 0 saturated heterocycles. The van der Waals surface area contributed by atoms with Gasteiger partial charge in [0, 0.05) is 5.69 Å². The SMILES string of the molecule is COc1ccc(N2C(=O)C(Nc3ccccc3C)=C(c3ccccc3)C2=O)cc1Cl. The van der Waals surface area contributed by atoms with E-state index < -0.39 is 11.8 Å². The Morgan fingerprint density at radius 1 is 0.900 bits per heavy atom. The van der Waals surface area contributed by atoms with Crippen LogP contribution in [0.5, 0.6) is 5.75 Å². The largest absolute Gasteiger partial charge is 0.495 e. The van der Waals surface area contributed by atoms with Crippen molar-refractivity contribution in [2.75, 3.05) is 17.3 Å². The number of rotatable bonds is 5. The average Bonchev–Trinajstić information content (AvgIpc) is 2.99. The average molecular weight is 419 g/mol. The Morgan fingerprint density at radius 2 is 1.60 bits per heavy atom. The molecule has 1 N–H and O–H groups in total. The van der Waals surface area contributed by atoms with E-state index in [1.165, 1.54) is 7.11 Å². The maximum Gasteiger partial charge on any atom is 0.282 e. The summed E-state index contributed by atoms with van der Waals surface area (Å²) in [5, 5.41) is 3.50. The van der Waals surface area contributed by atoms with Crippen molar-refractivity contribution in [2.24, 2.45) is 0 Å². The van der Waals surface area contributed by atoms with Gasteiger partial charge >= 0.3 is 0 Å². The summed E-state index contributed by atoms with van der Waals surface area (Å²) in [5.74, 6) is -0.388. The van der Waals surface area contributed by atoms with Crippen LogP contribution < -0.4 is 15.0 Å². The number of para-hydroxylation sites is 1. The first-order valence-electron chi connectivity index (χ1n) is 9.36. The first-order valence-corrected chi connectivity index (χ1v) is 9.73. The highest BCUT2D eigenvalue weighted by molar-refractivity contribution is 6.46. The molecule has 4 rings (SSSR count). The van der Waals surface area contributed by atoms with Gasteiger partial charge in [-0.25, -0.2) is 4.90 Å². The molecule has 0 spiro atoms. The van der Waals surface area contributed by atoms with E-state index in [1.807, 2.05) is 61.5 Å². The van der Waals surface area contributed by atoms with Crippen LogP contribution in [-0.2, 0) is 9.59 Å². The lowest BCUT2D eigenvalue weighted by atomic mass is 10.0. The molecule has 3 aromatic carbocycles. The first-order chi connectivity index (χ1) is 14.5. The van der Waals surface area contributed by atoms with Gasteiger partial charge in [-0.15, -0.1) is 0 Å². The number of ether oxygens (including phenoxy) is 1. The summed E-state index contributed by atoms with van der Waals surface area (Å²) < 4.78 is 5.18. The molecule has 5 nitrogen and oxygen atoms in total. The van der Waals surface area contributed by atoms with Gasteiger partial charge in [-0.1, -0.05) is 60.1 Å². The van der Waals surface area contributed by atoms with Gasteiger partial charge in [-0.2, -0.15) is 0 Å². The number of nitrogens with one attached hydrogen (secondary N) is 1. The van der Waals surface area contributed by atoms with Gasteiger partial charge in [0.15, 0.2) is 0 Å². The second-order valence-corrected chi connectivity index (χ2v) is 7.23. The van der Waals surface area contributed by atoms with Crippen LogP contribution >= 0.6 is 11.6 Å². The molecule has 150 valence electrons. The van der Waals surface area contributed by atoms with Crippen molar-refractivity contribution in [2.45, 2.75) is 6.92 Å². The Kier molecular flexibility index (Phi) is 5.29. The number of nitrogens with zero attached hydrogens (tertiary/aromatic N) is 1. The van der Waals surface area contributed by atoms with Crippen LogP contribution in [0.25, 0.3) is 5.57 Å². The molecule has 1 aliphatic rings. The van der Waals surface area contributed by atoms with Crippen LogP contribution in [0.1, 0.15) is 11.1 Å². The Balaban J connectivity index is 1.82. The van der Waals surface area contributed by atoms with E-state index in [2.05, 4.69) is 5.32 Å². The molecule has 2 amide bonds. The second kappa shape index (κ2) is 8.05. The normalized spacial score (nSPS) is 13.8. The highest BCUT2D eigenvalue weighted by atomic mass is 35.5. The lowest BCUT2D eigenvalue weighted by molar-refractivity contribution is -0.120. The quantitative estimate of drug-likeness (QED) is 0.589. The topological polar surface area (TPSA) is 58.6 Å². The monoisotopic (exact) mass is 418 g/mol. The predicted molar refractivity (Wildman–Crippen MR) is 119 cm³/mol. The fourth-order valence-electron chi connectivity index (χ4n) is 3.40. The Hall–Kier alpha value is -3.57. The summed E-state index contributed by atoms with van der Waals surface area (Å²) in [6.45, 7) is 1.94. The zero-order valence-electron chi connectivity index (χ0n) is 16.5. The van der Waals surface area contributed by atoms with Crippen molar-refractivity contribution in [1.29, 1.82) is 0 Å². The standard InChI is InChI=1S/C24H19ClN2O3/c1-15-8-6-7-11-19(15)26-22-21(16-9-4-3-5-10-16)23(28)27(24(22)29)17-12-13-20(30-2)18(25)14-17/h3-14,26H,1-2H3. The van der Waals surface area contributed by atoms with Gasteiger partial charge in [0.25, 0.3) is 11.8 Å². The molecular weight excluding hydrogens is 400 g/mol. The van der Waals surface area contributed by atoms with E-state index in [1.54, 1.807) is 18.2 Å². The van der Waals surface area contributed by atoms with Gasteiger partial charge in [-0.3, -0.25) is 9.59 Å². The predicted octanol–water partition coefficient (Wildman–Crippen LogP) is 5.05. The van der Waals surface area contributed by atoms with E-state index in [9.17, 15) is 9.59 Å². The molecule has 0 atom stereocenters. The van der Waals surface area contributed by atoms with E-state index in [0.717, 1.165) is 16.2 Å². The van der Waals surface area contributed by atoms with Crippen molar-refractivity contribution in [3.8, 4) is 5.75 Å². The van der Waals surface area contributed by atoms with Gasteiger partial charge < -0.3 is 10.1 Å². The maximum absolute atomic E-state index is 13.4. The summed E-state index contributed by atoms with van der Waals surface area (Å²) in [6.07, 6.45) is 0. The van der Waals surface area contributed by atoms with E-state index in [-0.39, 0.29) is 5.70 Å². The molecule has 1 aliphatic heterocycles. The van der Waals surface area contributed by atoms with E-state index in [0.29, 0.717) is 27.6 Å². The summed E-state index contributed by atoms with van der Waals surface area (Å²) >= 11 is 6.24. The molecule has 1 heterocycles. The van der Waals surface area contributed by atoms with E-state index in [4.69, 9.17) is 16.3 Å². The van der Waals surface area contributed by atoms with Crippen LogP contribution in [0.3, 0.4) is 0 Å². The summed E-state index contributed by atoms with van der Waals surface area (Å²) in [4.78, 5) is 27.9. The molecule has 0 aliphatic carbocycles. The molecular formula is C24H19ClN2O3. The lowest BCUT2D eigenvalue weighted by Gasteiger charge is -2.17. The number of methoxy groups -OCH3 is 1. The second-order valence-electron chi connectivity index (χ2n) is 6.82. The van der Waals surface area contributed by atoms with Gasteiger partial charge in [0.05, 0.1) is 23.4 Å². The Morgan fingerprint density at radius 3 is 2.27 bits per heavy atom. The number of imide groups is 1. The third kappa shape index (κ3) is 3.44. The molecule has 30 heavy (non-hydrogen) atoms. The number of carbonyl (C=O) groups is 2. The number of hydrogen-bond donors (Lipinski definition) is 1. The lowest BCUT2D eigenvalue weighted by Crippen LogP contribution is -2.32. The Bertz CT molecular complexity index is 1170. The van der Waals surface area contributed by atoms with Crippen LogP contribution in [0, 0.1) is 6.92 Å². The molecule has 0 aromatic heterocycles. The van der Waals surface area contributed by atoms with E-state index >= 15 is 0 Å². The third-order valence-electron chi connectivity index (χ3n) is 4.94. The number of aryl methyl sites for hydroxylation is 1. The van der Waals surface area contributed by atoms with Crippen LogP contribution in [0.15, 0.2) is 78.5 Å². The summed E-state index contributed by atoms with van der Waals surface area (Å²) in [7, 11) is 1.51. The zero-order chi connectivity index (χ0) is 21.3. The molecule has 3 aromatic rings. The van der Waals surface area contributed by atoms with Crippen molar-refractivity contribution in [3.63, 3.8) is 0 Å². The maximum atomic E-state index is 13.4. The van der Waals surface area contributed by atoms with Gasteiger partial charge in [-0.05, 0) is 42.3 Å². The molecule has 0 radical (unpaired) electrons. The molecule has 6 heteroatoms. The highest BCUT2D eigenvalue weighted by Crippen LogP contribution is 2.36. The van der Waals surface area contributed by atoms with Gasteiger partial charge in [0.2, 0.25) is 0 Å². The molecule has 0 unspecified atom stereocenters. The smallest absolute Gasteiger partial charge is 0.282 e. The minimum atomic E-state index is -0.441. The molecule has 0 fully saturated rings. The Labute approximate surface area is 179 Å². The van der Waals surface area contributed by atoms with Crippen molar-refractivity contribution in [1.82, 2.24) is 0 Å². The fourth-order valence-corrected chi connectivity index (χ4v) is 3.65. The number of carbonyl (C=O) groups excluding carboxylic acids is 2. The van der Waals surface area contributed by atoms with Crippen LogP contribution in [-0.4, -0.2) is 18.9 Å². The molecule has 0 bridgehead atoms. The first kappa shape index (κ1) is 19.7. The highest BCUT2D eigenvalue weighted by Gasteiger charge is 2.40. The van der Waals surface area contributed by atoms with Crippen molar-refractivity contribution < 1.29 is 14.3 Å². The summed E-state index contributed by atoms with van der Waals surface area (Å²) in [5.41, 5.74) is 3.31. The summed E-state index contributed by atoms with van der Waals surface area (Å²) in [6, 6.07) is 21.6. The molecule has 0 saturated carbocycles. The van der Waals surface area contributed by atoms with Crippen LogP contribution in [0.2, 0.25) is 5.02 Å². The van der Waals surface area contributed by atoms with Crippen molar-refractivity contribution >= 4 is 40.4 Å². The number of hydrogen-bond acceptors (Lipinski definition) is 4.